The zero-order valence-corrected chi connectivity index (χ0v) is 11.9. The summed E-state index contributed by atoms with van der Waals surface area (Å²) in [7, 11) is -3.05. The van der Waals surface area contributed by atoms with Gasteiger partial charge in [0.15, 0.2) is 0 Å². The van der Waals surface area contributed by atoms with Gasteiger partial charge in [0.1, 0.15) is 19.6 Å². The van der Waals surface area contributed by atoms with Crippen molar-refractivity contribution in [3.8, 4) is 0 Å². The van der Waals surface area contributed by atoms with Crippen LogP contribution in [0.25, 0.3) is 0 Å². The van der Waals surface area contributed by atoms with Crippen molar-refractivity contribution in [3.63, 3.8) is 0 Å². The third kappa shape index (κ3) is 7.16. The number of likely N-dealkylation sites (N-methyl/N-ethyl adjacent to an activating group) is 1. The highest BCUT2D eigenvalue weighted by Gasteiger charge is 2.18. The smallest absolute Gasteiger partial charge is 0.335 e. The third-order valence-electron chi connectivity index (χ3n) is 2.97. The van der Waals surface area contributed by atoms with E-state index < -0.39 is 16.4 Å². The molecule has 0 aromatic carbocycles. The quantitative estimate of drug-likeness (QED) is 0.326. The number of quaternary nitrogens is 1. The van der Waals surface area contributed by atoms with Gasteiger partial charge in [-0.2, -0.15) is 12.7 Å². The van der Waals surface area contributed by atoms with Crippen LogP contribution < -0.4 is 4.90 Å². The number of hydrogen-bond donors (Lipinski definition) is 3. The highest BCUT2D eigenvalue weighted by molar-refractivity contribution is 7.83. The summed E-state index contributed by atoms with van der Waals surface area (Å²) in [5.74, 6) is 0. The first kappa shape index (κ1) is 16.8. The number of nitrogens with one attached hydrogen (secondary N) is 1. The Balaban J connectivity index is 2.08. The highest BCUT2D eigenvalue weighted by Crippen LogP contribution is 1.96. The van der Waals surface area contributed by atoms with Crippen molar-refractivity contribution >= 4 is 10.3 Å². The van der Waals surface area contributed by atoms with Gasteiger partial charge >= 0.3 is 10.3 Å². The van der Waals surface area contributed by atoms with Gasteiger partial charge in [0.05, 0.1) is 32.5 Å². The molecule has 0 amide bonds. The van der Waals surface area contributed by atoms with Gasteiger partial charge in [0.25, 0.3) is 0 Å². The number of aliphatic hydroxyl groups is 1. The van der Waals surface area contributed by atoms with Crippen molar-refractivity contribution < 1.29 is 32.5 Å². The van der Waals surface area contributed by atoms with Gasteiger partial charge in [-0.15, -0.1) is 0 Å². The van der Waals surface area contributed by atoms with E-state index >= 15 is 0 Å². The molecule has 8 nitrogen and oxygen atoms in total. The average Bonchev–Trinajstić information content (AvgIpc) is 2.35. The number of nitrogens with zero attached hydrogens (tertiary/aromatic N) is 1. The van der Waals surface area contributed by atoms with Crippen LogP contribution in [0.4, 0.5) is 0 Å². The molecule has 0 aromatic heterocycles. The highest BCUT2D eigenvalue weighted by atomic mass is 32.2. The van der Waals surface area contributed by atoms with E-state index in [9.17, 15) is 13.5 Å². The summed E-state index contributed by atoms with van der Waals surface area (Å²) in [6.45, 7) is 4.63. The minimum Gasteiger partial charge on any atom is -0.389 e. The summed E-state index contributed by atoms with van der Waals surface area (Å²) in [6, 6.07) is 0. The molecule has 1 aliphatic heterocycles. The SMILES string of the molecule is CN(C[C@H](O)COCC[NH+]1CCOCC1)S(=O)(=O)O. The van der Waals surface area contributed by atoms with E-state index in [1.807, 2.05) is 0 Å². The number of rotatable bonds is 8. The fourth-order valence-electron chi connectivity index (χ4n) is 1.79. The normalized spacial score (nSPS) is 19.8. The van der Waals surface area contributed by atoms with Gasteiger partial charge in [-0.3, -0.25) is 4.55 Å². The number of morpholine rings is 1. The second kappa shape index (κ2) is 8.10. The standard InChI is InChI=1S/C10H22N2O6S/c1-11(19(14,15)16)8-10(13)9-18-7-4-12-2-5-17-6-3-12/h10,13H,2-9H2,1H3,(H,14,15,16)/p+1/t10-/m0/s1. The minimum absolute atomic E-state index is 0.0453. The molecular weight excluding hydrogens is 276 g/mol. The number of aliphatic hydroxyl groups excluding tert-OH is 1. The Morgan fingerprint density at radius 1 is 1.42 bits per heavy atom. The van der Waals surface area contributed by atoms with Gasteiger partial charge in [-0.25, -0.2) is 0 Å². The molecule has 0 bridgehead atoms. The Morgan fingerprint density at radius 3 is 2.63 bits per heavy atom. The molecule has 1 atom stereocenters. The molecule has 1 heterocycles. The maximum Gasteiger partial charge on any atom is 0.335 e. The van der Waals surface area contributed by atoms with Crippen molar-refractivity contribution in [3.05, 3.63) is 0 Å². The Labute approximate surface area is 113 Å². The zero-order chi connectivity index (χ0) is 14.3. The van der Waals surface area contributed by atoms with Crippen molar-refractivity contribution in [2.75, 3.05) is 59.7 Å². The second-order valence-electron chi connectivity index (χ2n) is 4.60. The van der Waals surface area contributed by atoms with E-state index in [0.29, 0.717) is 10.9 Å². The van der Waals surface area contributed by atoms with Crippen LogP contribution in [0, 0.1) is 0 Å². The molecule has 0 spiro atoms. The molecule has 0 radical (unpaired) electrons. The molecule has 0 aromatic rings. The van der Waals surface area contributed by atoms with Crippen molar-refractivity contribution in [2.24, 2.45) is 0 Å². The van der Waals surface area contributed by atoms with Gasteiger partial charge < -0.3 is 19.5 Å². The van der Waals surface area contributed by atoms with E-state index in [1.54, 1.807) is 0 Å². The molecule has 3 N–H and O–H groups in total. The lowest BCUT2D eigenvalue weighted by Crippen LogP contribution is -3.14. The monoisotopic (exact) mass is 299 g/mol. The molecule has 0 saturated carbocycles. The lowest BCUT2D eigenvalue weighted by molar-refractivity contribution is -0.908. The largest absolute Gasteiger partial charge is 0.389 e. The van der Waals surface area contributed by atoms with Crippen LogP contribution in [0.5, 0.6) is 0 Å². The van der Waals surface area contributed by atoms with Crippen LogP contribution >= 0.6 is 0 Å². The van der Waals surface area contributed by atoms with Crippen LogP contribution in [0.2, 0.25) is 0 Å². The van der Waals surface area contributed by atoms with E-state index in [4.69, 9.17) is 14.0 Å². The van der Waals surface area contributed by atoms with Crippen LogP contribution in [0.1, 0.15) is 0 Å². The first-order chi connectivity index (χ1) is 8.89. The molecule has 1 fully saturated rings. The fourth-order valence-corrected chi connectivity index (χ4v) is 2.15. The minimum atomic E-state index is -4.25. The molecule has 19 heavy (non-hydrogen) atoms. The second-order valence-corrected chi connectivity index (χ2v) is 6.12. The molecule has 1 rings (SSSR count). The summed E-state index contributed by atoms with van der Waals surface area (Å²) < 4.78 is 41.3. The van der Waals surface area contributed by atoms with E-state index in [2.05, 4.69) is 0 Å². The lowest BCUT2D eigenvalue weighted by Gasteiger charge is -2.24. The predicted molar refractivity (Wildman–Crippen MR) is 67.4 cm³/mol. The van der Waals surface area contributed by atoms with Gasteiger partial charge in [-0.1, -0.05) is 0 Å². The summed E-state index contributed by atoms with van der Waals surface area (Å²) in [4.78, 5) is 1.40. The van der Waals surface area contributed by atoms with Gasteiger partial charge in [0, 0.05) is 13.6 Å². The maximum absolute atomic E-state index is 10.7. The van der Waals surface area contributed by atoms with Crippen LogP contribution in [0.15, 0.2) is 0 Å². The van der Waals surface area contributed by atoms with Gasteiger partial charge in [-0.05, 0) is 0 Å². The number of ether oxygens (including phenoxy) is 2. The molecule has 1 saturated heterocycles. The Bertz CT molecular complexity index is 344. The molecule has 0 unspecified atom stereocenters. The Morgan fingerprint density at radius 2 is 2.05 bits per heavy atom. The van der Waals surface area contributed by atoms with Crippen molar-refractivity contribution in [1.29, 1.82) is 0 Å². The Hall–Kier alpha value is -0.290. The summed E-state index contributed by atoms with van der Waals surface area (Å²) >= 11 is 0. The molecule has 114 valence electrons. The molecular formula is C10H23N2O6S+. The van der Waals surface area contributed by atoms with Crippen LogP contribution in [-0.2, 0) is 19.8 Å². The summed E-state index contributed by atoms with van der Waals surface area (Å²) in [5.41, 5.74) is 0. The lowest BCUT2D eigenvalue weighted by atomic mass is 10.4. The third-order valence-corrected chi connectivity index (χ3v) is 3.91. The average molecular weight is 299 g/mol. The van der Waals surface area contributed by atoms with E-state index in [-0.39, 0.29) is 13.2 Å². The van der Waals surface area contributed by atoms with E-state index in [0.717, 1.165) is 32.8 Å². The first-order valence-corrected chi connectivity index (χ1v) is 7.65. The Kier molecular flexibility index (Phi) is 7.15. The maximum atomic E-state index is 10.7. The van der Waals surface area contributed by atoms with Crippen molar-refractivity contribution in [1.82, 2.24) is 4.31 Å². The zero-order valence-electron chi connectivity index (χ0n) is 11.1. The fraction of sp³-hybridized carbons (Fsp3) is 1.00. The van der Waals surface area contributed by atoms with Crippen LogP contribution in [-0.4, -0.2) is 88.1 Å². The molecule has 0 aliphatic carbocycles. The topological polar surface area (TPSA) is 101 Å². The summed E-state index contributed by atoms with van der Waals surface area (Å²) in [6.07, 6.45) is -0.952. The van der Waals surface area contributed by atoms with Crippen molar-refractivity contribution in [2.45, 2.75) is 6.10 Å². The molecule has 9 heteroatoms. The van der Waals surface area contributed by atoms with Gasteiger partial charge in [0.2, 0.25) is 0 Å². The molecule has 1 aliphatic rings. The van der Waals surface area contributed by atoms with E-state index in [1.165, 1.54) is 11.9 Å². The number of hydrogen-bond acceptors (Lipinski definition) is 5. The van der Waals surface area contributed by atoms with Crippen LogP contribution in [0.3, 0.4) is 0 Å². The summed E-state index contributed by atoms with van der Waals surface area (Å²) in [5, 5.41) is 9.55. The predicted octanol–water partition coefficient (Wildman–Crippen LogP) is -2.99. The first-order valence-electron chi connectivity index (χ1n) is 6.25.